The first-order valence-electron chi connectivity index (χ1n) is 15.6. The molecule has 0 spiro atoms. The number of cyclic esters (lactones) is 1. The lowest BCUT2D eigenvalue weighted by atomic mass is 9.60. The number of ether oxygens (including phenoxy) is 3. The maximum atomic E-state index is 13.4. The Kier molecular flexibility index (Phi) is 12.3. The minimum absolute atomic E-state index is 0.178. The Morgan fingerprint density at radius 3 is 2.58 bits per heavy atom. The van der Waals surface area contributed by atoms with Crippen molar-refractivity contribution in [1.29, 1.82) is 0 Å². The number of carbonyl (C=O) groups excluding carboxylic acids is 2. The predicted molar refractivity (Wildman–Crippen MR) is 160 cm³/mol. The Bertz CT molecular complexity index is 903. The second-order valence-electron chi connectivity index (χ2n) is 12.8. The van der Waals surface area contributed by atoms with Gasteiger partial charge in [0.15, 0.2) is 0 Å². The van der Waals surface area contributed by atoms with Crippen LogP contribution in [0.5, 0.6) is 0 Å². The molecule has 7 nitrogen and oxygen atoms in total. The molecule has 0 saturated carbocycles. The zero-order valence-electron chi connectivity index (χ0n) is 25.8. The SMILES string of the molecule is CCCCC1OC1CCC=CC=CC1CC=CC(OC(=O)N2CCNCC2)CCC(C)C(C)(C)C(C)(C)C(=O)O1. The normalized spacial score (nSPS) is 31.0. The highest BCUT2D eigenvalue weighted by Crippen LogP contribution is 2.47. The zero-order valence-corrected chi connectivity index (χ0v) is 25.8. The van der Waals surface area contributed by atoms with E-state index in [0.29, 0.717) is 31.7 Å². The van der Waals surface area contributed by atoms with Crippen LogP contribution in [0.2, 0.25) is 0 Å². The van der Waals surface area contributed by atoms with Gasteiger partial charge in [0.25, 0.3) is 0 Å². The topological polar surface area (TPSA) is 80.4 Å². The maximum Gasteiger partial charge on any atom is 0.410 e. The summed E-state index contributed by atoms with van der Waals surface area (Å²) in [5.74, 6) is 0.0415. The van der Waals surface area contributed by atoms with Gasteiger partial charge in [0.1, 0.15) is 12.2 Å². The van der Waals surface area contributed by atoms with Crippen LogP contribution in [0.4, 0.5) is 4.79 Å². The number of hydrogen-bond donors (Lipinski definition) is 1. The number of piperazine rings is 1. The number of carbonyl (C=O) groups is 2. The fourth-order valence-electron chi connectivity index (χ4n) is 5.43. The van der Waals surface area contributed by atoms with Crippen molar-refractivity contribution in [1.82, 2.24) is 10.2 Å². The van der Waals surface area contributed by atoms with E-state index in [-0.39, 0.29) is 29.5 Å². The second kappa shape index (κ2) is 15.2. The number of amides is 1. The molecule has 2 saturated heterocycles. The standard InChI is InChI=1S/C33H54N2O5/c1-7-8-17-28-29(40-28)18-12-10-9-11-14-26-15-13-16-27(39-31(37)35-23-21-34-22-24-35)20-19-25(2)32(3,4)33(5,6)30(36)38-26/h9-11,13-14,16,25-29,34H,7-8,12,15,17-24H2,1-6H3. The van der Waals surface area contributed by atoms with Crippen LogP contribution in [0, 0.1) is 16.7 Å². The number of esters is 1. The van der Waals surface area contributed by atoms with Gasteiger partial charge in [-0.3, -0.25) is 4.79 Å². The Morgan fingerprint density at radius 1 is 1.12 bits per heavy atom. The maximum absolute atomic E-state index is 13.4. The Hall–Kier alpha value is -2.12. The first-order chi connectivity index (χ1) is 19.1. The van der Waals surface area contributed by atoms with Gasteiger partial charge in [0.2, 0.25) is 0 Å². The molecular formula is C33H54N2O5. The lowest BCUT2D eigenvalue weighted by molar-refractivity contribution is -0.167. The molecule has 5 unspecified atom stereocenters. The molecule has 3 aliphatic heterocycles. The number of allylic oxidation sites excluding steroid dienone is 3. The molecule has 1 N–H and O–H groups in total. The van der Waals surface area contributed by atoms with Gasteiger partial charge in [-0.05, 0) is 69.4 Å². The summed E-state index contributed by atoms with van der Waals surface area (Å²) in [6.07, 6.45) is 19.7. The van der Waals surface area contributed by atoms with Crippen molar-refractivity contribution >= 4 is 12.1 Å². The third kappa shape index (κ3) is 9.20. The first-order valence-corrected chi connectivity index (χ1v) is 15.6. The van der Waals surface area contributed by atoms with E-state index in [9.17, 15) is 9.59 Å². The molecule has 226 valence electrons. The molecule has 0 aliphatic carbocycles. The summed E-state index contributed by atoms with van der Waals surface area (Å²) in [7, 11) is 0. The summed E-state index contributed by atoms with van der Waals surface area (Å²) in [6.45, 7) is 15.6. The fraction of sp³-hybridized carbons (Fsp3) is 0.758. The third-order valence-electron chi connectivity index (χ3n) is 9.56. The van der Waals surface area contributed by atoms with Crippen molar-refractivity contribution in [2.24, 2.45) is 16.7 Å². The van der Waals surface area contributed by atoms with Gasteiger partial charge < -0.3 is 24.4 Å². The molecule has 3 aliphatic rings. The molecule has 3 heterocycles. The lowest BCUT2D eigenvalue weighted by Crippen LogP contribution is -2.47. The fourth-order valence-corrected chi connectivity index (χ4v) is 5.43. The van der Waals surface area contributed by atoms with E-state index in [1.54, 1.807) is 4.90 Å². The van der Waals surface area contributed by atoms with E-state index in [2.05, 4.69) is 39.1 Å². The monoisotopic (exact) mass is 558 g/mol. The van der Waals surface area contributed by atoms with Crippen LogP contribution in [-0.2, 0) is 19.0 Å². The minimum Gasteiger partial charge on any atom is -0.457 e. The molecule has 0 aromatic carbocycles. The number of hydrogen-bond acceptors (Lipinski definition) is 6. The highest BCUT2D eigenvalue weighted by Gasteiger charge is 2.48. The number of epoxide rings is 1. The molecule has 40 heavy (non-hydrogen) atoms. The minimum atomic E-state index is -0.678. The molecule has 0 bridgehead atoms. The second-order valence-corrected chi connectivity index (χ2v) is 12.8. The third-order valence-corrected chi connectivity index (χ3v) is 9.56. The van der Waals surface area contributed by atoms with Gasteiger partial charge in [0.05, 0.1) is 17.6 Å². The van der Waals surface area contributed by atoms with E-state index in [1.807, 2.05) is 44.2 Å². The average molecular weight is 559 g/mol. The van der Waals surface area contributed by atoms with Crippen molar-refractivity contribution in [3.63, 3.8) is 0 Å². The number of nitrogens with one attached hydrogen (secondary N) is 1. The molecule has 0 aromatic rings. The highest BCUT2D eigenvalue weighted by molar-refractivity contribution is 5.77. The lowest BCUT2D eigenvalue weighted by Gasteiger charge is -2.44. The Balaban J connectivity index is 1.64. The quantitative estimate of drug-likeness (QED) is 0.149. The number of nitrogens with zero attached hydrogens (tertiary/aromatic N) is 1. The molecule has 1 amide bonds. The molecule has 0 radical (unpaired) electrons. The van der Waals surface area contributed by atoms with Crippen LogP contribution in [0.15, 0.2) is 36.5 Å². The Morgan fingerprint density at radius 2 is 1.85 bits per heavy atom. The summed E-state index contributed by atoms with van der Waals surface area (Å²) >= 11 is 0. The summed E-state index contributed by atoms with van der Waals surface area (Å²) in [4.78, 5) is 28.1. The predicted octanol–water partition coefficient (Wildman–Crippen LogP) is 6.59. The van der Waals surface area contributed by atoms with Gasteiger partial charge in [-0.2, -0.15) is 0 Å². The van der Waals surface area contributed by atoms with Crippen molar-refractivity contribution < 1.29 is 23.8 Å². The zero-order chi connectivity index (χ0) is 29.2. The first kappa shape index (κ1) is 32.4. The van der Waals surface area contributed by atoms with Crippen LogP contribution in [0.3, 0.4) is 0 Å². The van der Waals surface area contributed by atoms with Gasteiger partial charge in [-0.1, -0.05) is 64.8 Å². The van der Waals surface area contributed by atoms with E-state index < -0.39 is 11.5 Å². The van der Waals surface area contributed by atoms with Crippen LogP contribution in [0.25, 0.3) is 0 Å². The molecule has 2 fully saturated rings. The summed E-state index contributed by atoms with van der Waals surface area (Å²) in [5, 5.41) is 3.27. The van der Waals surface area contributed by atoms with E-state index in [0.717, 1.165) is 38.8 Å². The van der Waals surface area contributed by atoms with Crippen LogP contribution >= 0.6 is 0 Å². The Labute approximate surface area is 242 Å². The molecule has 5 atom stereocenters. The molecule has 0 aromatic heterocycles. The van der Waals surface area contributed by atoms with Crippen molar-refractivity contribution in [2.45, 2.75) is 117 Å². The van der Waals surface area contributed by atoms with Gasteiger partial charge in [-0.25, -0.2) is 4.79 Å². The van der Waals surface area contributed by atoms with E-state index in [1.165, 1.54) is 19.3 Å². The van der Waals surface area contributed by atoms with Gasteiger partial charge >= 0.3 is 12.1 Å². The summed E-state index contributed by atoms with van der Waals surface area (Å²) in [5.41, 5.74) is -0.989. The van der Waals surface area contributed by atoms with Crippen LogP contribution in [-0.4, -0.2) is 67.6 Å². The molecule has 7 heteroatoms. The van der Waals surface area contributed by atoms with Gasteiger partial charge in [0, 0.05) is 32.6 Å². The van der Waals surface area contributed by atoms with Crippen molar-refractivity contribution in [3.05, 3.63) is 36.5 Å². The summed E-state index contributed by atoms with van der Waals surface area (Å²) in [6, 6.07) is 0. The van der Waals surface area contributed by atoms with E-state index in [4.69, 9.17) is 14.2 Å². The molecule has 3 rings (SSSR count). The van der Waals surface area contributed by atoms with E-state index >= 15 is 0 Å². The highest BCUT2D eigenvalue weighted by atomic mass is 16.6. The number of unbranched alkanes of at least 4 members (excludes halogenated alkanes) is 1. The van der Waals surface area contributed by atoms with Crippen LogP contribution < -0.4 is 5.32 Å². The molecular weight excluding hydrogens is 504 g/mol. The number of rotatable bonds is 9. The van der Waals surface area contributed by atoms with Crippen molar-refractivity contribution in [2.75, 3.05) is 26.2 Å². The largest absolute Gasteiger partial charge is 0.457 e. The van der Waals surface area contributed by atoms with Crippen molar-refractivity contribution in [3.8, 4) is 0 Å². The van der Waals surface area contributed by atoms with Crippen LogP contribution in [0.1, 0.15) is 92.9 Å². The van der Waals surface area contributed by atoms with Gasteiger partial charge in [-0.15, -0.1) is 0 Å². The summed E-state index contributed by atoms with van der Waals surface area (Å²) < 4.78 is 17.8. The smallest absolute Gasteiger partial charge is 0.410 e. The average Bonchev–Trinajstić information content (AvgIpc) is 3.69.